The highest BCUT2D eigenvalue weighted by Crippen LogP contribution is 2.31. The normalized spacial score (nSPS) is 13.3. The average molecular weight is 405 g/mol. The van der Waals surface area contributed by atoms with Gasteiger partial charge in [-0.2, -0.15) is 0 Å². The molecule has 1 saturated heterocycles. The van der Waals surface area contributed by atoms with E-state index in [0.717, 1.165) is 18.7 Å². The Hall–Kier alpha value is -3.75. The lowest BCUT2D eigenvalue weighted by Gasteiger charge is -2.28. The van der Waals surface area contributed by atoms with Crippen molar-refractivity contribution in [3.63, 3.8) is 0 Å². The van der Waals surface area contributed by atoms with Crippen LogP contribution >= 0.6 is 0 Å². The van der Waals surface area contributed by atoms with Crippen molar-refractivity contribution in [2.75, 3.05) is 18.0 Å². The van der Waals surface area contributed by atoms with Gasteiger partial charge in [0.1, 0.15) is 6.54 Å². The van der Waals surface area contributed by atoms with Gasteiger partial charge in [0.15, 0.2) is 5.88 Å². The lowest BCUT2D eigenvalue weighted by atomic mass is 10.1. The molecule has 1 fully saturated rings. The van der Waals surface area contributed by atoms with E-state index >= 15 is 0 Å². The third-order valence-corrected chi connectivity index (χ3v) is 5.20. The van der Waals surface area contributed by atoms with E-state index < -0.39 is 24.0 Å². The summed E-state index contributed by atoms with van der Waals surface area (Å²) in [7, 11) is 0. The molecule has 154 valence electrons. The molecule has 1 aromatic carbocycles. The van der Waals surface area contributed by atoms with Crippen LogP contribution in [0.5, 0.6) is 5.88 Å². The molecule has 0 atom stereocenters. The predicted molar refractivity (Wildman–Crippen MR) is 116 cm³/mol. The number of anilines is 1. The smallest absolute Gasteiger partial charge is 0.323 e. The van der Waals surface area contributed by atoms with Gasteiger partial charge in [0.05, 0.1) is 6.57 Å². The van der Waals surface area contributed by atoms with Gasteiger partial charge in [-0.1, -0.05) is 12.1 Å². The summed E-state index contributed by atoms with van der Waals surface area (Å²) in [5.41, 5.74) is 4.62. The third-order valence-electron chi connectivity index (χ3n) is 5.20. The fraction of sp³-hybridized carbons (Fsp3) is 0.304. The molecule has 1 aliphatic heterocycles. The van der Waals surface area contributed by atoms with Gasteiger partial charge in [0.25, 0.3) is 5.56 Å². The second kappa shape index (κ2) is 9.17. The number of aromatic hydroxyl groups is 1. The Morgan fingerprint density at radius 3 is 2.47 bits per heavy atom. The van der Waals surface area contributed by atoms with Gasteiger partial charge in [-0.05, 0) is 61.6 Å². The summed E-state index contributed by atoms with van der Waals surface area (Å²) in [6, 6.07) is 8.06. The Morgan fingerprint density at radius 1 is 1.20 bits per heavy atom. The molecule has 0 spiro atoms. The van der Waals surface area contributed by atoms with Crippen LogP contribution in [0.1, 0.15) is 36.0 Å². The minimum absolute atomic E-state index is 0.126. The van der Waals surface area contributed by atoms with Crippen LogP contribution in [0.25, 0.3) is 17.0 Å². The van der Waals surface area contributed by atoms with Crippen LogP contribution in [-0.2, 0) is 11.3 Å². The van der Waals surface area contributed by atoms with Crippen molar-refractivity contribution in [2.24, 2.45) is 0 Å². The number of carboxylic acid groups (broad SMARTS) is 1. The van der Waals surface area contributed by atoms with Crippen LogP contribution in [-0.4, -0.2) is 33.8 Å². The van der Waals surface area contributed by atoms with Crippen molar-refractivity contribution in [3.8, 4) is 5.88 Å². The summed E-state index contributed by atoms with van der Waals surface area (Å²) in [6.45, 7) is 10.2. The topological polar surface area (TPSA) is 87.1 Å². The first-order valence-corrected chi connectivity index (χ1v) is 9.75. The molecular formula is C23H23N3O4. The van der Waals surface area contributed by atoms with Crippen molar-refractivity contribution in [2.45, 2.75) is 32.7 Å². The minimum atomic E-state index is -1.29. The number of aromatic nitrogens is 1. The zero-order valence-electron chi connectivity index (χ0n) is 16.8. The second-order valence-corrected chi connectivity index (χ2v) is 7.20. The zero-order valence-corrected chi connectivity index (χ0v) is 16.8. The number of nitrogens with zero attached hydrogens (tertiary/aromatic N) is 3. The maximum atomic E-state index is 12.6. The van der Waals surface area contributed by atoms with E-state index in [2.05, 4.69) is 27.6 Å². The Labute approximate surface area is 174 Å². The van der Waals surface area contributed by atoms with Crippen LogP contribution < -0.4 is 10.5 Å². The third kappa shape index (κ3) is 4.45. The highest BCUT2D eigenvalue weighted by atomic mass is 16.4. The van der Waals surface area contributed by atoms with Gasteiger partial charge < -0.3 is 15.1 Å². The van der Waals surface area contributed by atoms with E-state index in [-0.39, 0.29) is 16.8 Å². The van der Waals surface area contributed by atoms with Crippen LogP contribution in [0.2, 0.25) is 0 Å². The molecule has 0 aliphatic carbocycles. The van der Waals surface area contributed by atoms with Gasteiger partial charge in [-0.15, -0.1) is 5.73 Å². The molecule has 0 saturated carbocycles. The van der Waals surface area contributed by atoms with Gasteiger partial charge in [-0.3, -0.25) is 14.2 Å². The number of piperidine rings is 1. The molecule has 30 heavy (non-hydrogen) atoms. The molecular weight excluding hydrogens is 382 g/mol. The van der Waals surface area contributed by atoms with E-state index in [1.807, 2.05) is 12.1 Å². The number of carbonyl (C=O) groups is 1. The predicted octanol–water partition coefficient (Wildman–Crippen LogP) is 3.81. The van der Waals surface area contributed by atoms with E-state index in [9.17, 15) is 14.7 Å². The van der Waals surface area contributed by atoms with Gasteiger partial charge in [0.2, 0.25) is 5.69 Å². The highest BCUT2D eigenvalue weighted by molar-refractivity contribution is 5.72. The summed E-state index contributed by atoms with van der Waals surface area (Å²) in [4.78, 5) is 29.3. The molecule has 2 N–H and O–H groups in total. The lowest BCUT2D eigenvalue weighted by molar-refractivity contribution is -0.137. The molecule has 7 heteroatoms. The van der Waals surface area contributed by atoms with Crippen LogP contribution in [0, 0.1) is 13.5 Å². The quantitative estimate of drug-likeness (QED) is 0.583. The first-order valence-electron chi connectivity index (χ1n) is 9.75. The second-order valence-electron chi connectivity index (χ2n) is 7.20. The summed E-state index contributed by atoms with van der Waals surface area (Å²) in [5, 5.41) is 19.1. The van der Waals surface area contributed by atoms with Crippen LogP contribution in [0.3, 0.4) is 0 Å². The van der Waals surface area contributed by atoms with Crippen LogP contribution in [0.15, 0.2) is 34.8 Å². The molecule has 7 nitrogen and oxygen atoms in total. The SMILES string of the molecule is [C-]#[N+]c1c(C)c(C=C=Cc2ccc(N3CCCCC3)cc2)c(=O)n(CC(=O)O)c1O. The first-order chi connectivity index (χ1) is 14.4. The van der Waals surface area contributed by atoms with E-state index in [1.165, 1.54) is 31.0 Å². The number of hydrogen-bond acceptors (Lipinski definition) is 4. The Balaban J connectivity index is 1.91. The summed E-state index contributed by atoms with van der Waals surface area (Å²) >= 11 is 0. The molecule has 1 aromatic heterocycles. The highest BCUT2D eigenvalue weighted by Gasteiger charge is 2.19. The van der Waals surface area contributed by atoms with Gasteiger partial charge in [0, 0.05) is 24.3 Å². The van der Waals surface area contributed by atoms with Crippen molar-refractivity contribution < 1.29 is 15.0 Å². The molecule has 0 amide bonds. The minimum Gasteiger partial charge on any atom is -0.503 e. The molecule has 2 aromatic rings. The van der Waals surface area contributed by atoms with Crippen molar-refractivity contribution >= 4 is 29.5 Å². The molecule has 0 unspecified atom stereocenters. The molecule has 3 rings (SSSR count). The first kappa shape index (κ1) is 21.0. The molecule has 1 aliphatic rings. The van der Waals surface area contributed by atoms with E-state index in [0.29, 0.717) is 4.57 Å². The largest absolute Gasteiger partial charge is 0.503 e. The summed E-state index contributed by atoms with van der Waals surface area (Å²) in [6.07, 6.45) is 6.83. The van der Waals surface area contributed by atoms with E-state index in [1.54, 1.807) is 13.0 Å². The molecule has 0 radical (unpaired) electrons. The van der Waals surface area contributed by atoms with Crippen molar-refractivity contribution in [1.29, 1.82) is 0 Å². The number of carboxylic acids is 1. The summed E-state index contributed by atoms with van der Waals surface area (Å²) < 4.78 is 0.684. The zero-order chi connectivity index (χ0) is 21.7. The number of hydrogen-bond donors (Lipinski definition) is 2. The number of benzene rings is 1. The maximum Gasteiger partial charge on any atom is 0.323 e. The Kier molecular flexibility index (Phi) is 6.41. The lowest BCUT2D eigenvalue weighted by Crippen LogP contribution is -2.29. The molecule has 2 heterocycles. The monoisotopic (exact) mass is 405 g/mol. The number of rotatable bonds is 5. The van der Waals surface area contributed by atoms with Crippen LogP contribution in [0.4, 0.5) is 11.4 Å². The van der Waals surface area contributed by atoms with Gasteiger partial charge >= 0.3 is 5.97 Å². The van der Waals surface area contributed by atoms with E-state index in [4.69, 9.17) is 11.7 Å². The summed E-state index contributed by atoms with van der Waals surface area (Å²) in [5.74, 6) is -1.92. The molecule has 0 bridgehead atoms. The van der Waals surface area contributed by atoms with Crippen molar-refractivity contribution in [1.82, 2.24) is 4.57 Å². The Bertz CT molecular complexity index is 1110. The Morgan fingerprint density at radius 2 is 1.87 bits per heavy atom. The average Bonchev–Trinajstić information content (AvgIpc) is 2.75. The number of pyridine rings is 1. The fourth-order valence-corrected chi connectivity index (χ4v) is 3.57. The fourth-order valence-electron chi connectivity index (χ4n) is 3.57. The number of aliphatic carboxylic acids is 1. The standard InChI is InChI=1S/C23H23N3O4/c1-16-19(22(29)26(15-20(27)28)23(30)21(16)24-2)8-6-7-17-9-11-18(12-10-17)25-13-4-3-5-14-25/h7-12,30H,3-5,13-15H2,1H3,(H,27,28). The van der Waals surface area contributed by atoms with Crippen molar-refractivity contribution in [3.05, 3.63) is 68.5 Å². The van der Waals surface area contributed by atoms with Gasteiger partial charge in [-0.25, -0.2) is 4.85 Å². The maximum absolute atomic E-state index is 12.6.